The summed E-state index contributed by atoms with van der Waals surface area (Å²) < 4.78 is 5.43. The molecule has 0 unspecified atom stereocenters. The van der Waals surface area contributed by atoms with Gasteiger partial charge in [0.2, 0.25) is 0 Å². The Morgan fingerprint density at radius 1 is 1.38 bits per heavy atom. The van der Waals surface area contributed by atoms with Gasteiger partial charge in [-0.25, -0.2) is 4.98 Å². The number of nitrogens with zero attached hydrogens (tertiary/aromatic N) is 2. The molecule has 0 saturated heterocycles. The fourth-order valence-electron chi connectivity index (χ4n) is 1.11. The van der Waals surface area contributed by atoms with Crippen LogP contribution in [0.15, 0.2) is 18.3 Å². The molecule has 1 rings (SSSR count). The van der Waals surface area contributed by atoms with Crippen molar-refractivity contribution in [3.63, 3.8) is 0 Å². The first-order chi connectivity index (χ1) is 7.68. The molecule has 0 aromatic carbocycles. The lowest BCUT2D eigenvalue weighted by molar-refractivity contribution is 0.126. The molecule has 1 aromatic heterocycles. The Morgan fingerprint density at radius 2 is 2.19 bits per heavy atom. The molecule has 16 heavy (non-hydrogen) atoms. The van der Waals surface area contributed by atoms with Crippen molar-refractivity contribution in [1.82, 2.24) is 9.88 Å². The molecule has 0 spiro atoms. The number of pyridine rings is 1. The molecule has 0 aliphatic carbocycles. The number of nitrogens with two attached hydrogens (primary N) is 1. The van der Waals surface area contributed by atoms with Crippen LogP contribution in [0.1, 0.15) is 0 Å². The molecular formula is C11H20N4O. The van der Waals surface area contributed by atoms with Gasteiger partial charge in [-0.3, -0.25) is 0 Å². The molecule has 0 fully saturated rings. The standard InChI is InChI=1S/C11H20N4O/c1-15(2)6-8-16-7-5-13-11-4-3-10(12)9-14-11/h3-4,9H,5-8,12H2,1-2H3,(H,13,14). The fourth-order valence-corrected chi connectivity index (χ4v) is 1.11. The van der Waals surface area contributed by atoms with Gasteiger partial charge in [-0.05, 0) is 26.2 Å². The lowest BCUT2D eigenvalue weighted by Gasteiger charge is -2.10. The average molecular weight is 224 g/mol. The third kappa shape index (κ3) is 5.53. The molecule has 90 valence electrons. The van der Waals surface area contributed by atoms with Gasteiger partial charge in [0.05, 0.1) is 25.1 Å². The normalized spacial score (nSPS) is 10.7. The van der Waals surface area contributed by atoms with Gasteiger partial charge in [0.1, 0.15) is 5.82 Å². The summed E-state index contributed by atoms with van der Waals surface area (Å²) in [4.78, 5) is 6.22. The van der Waals surface area contributed by atoms with Crippen LogP contribution in [-0.4, -0.2) is 50.3 Å². The van der Waals surface area contributed by atoms with Crippen molar-refractivity contribution in [2.24, 2.45) is 0 Å². The van der Waals surface area contributed by atoms with Crippen LogP contribution in [0.25, 0.3) is 0 Å². The zero-order chi connectivity index (χ0) is 11.8. The minimum Gasteiger partial charge on any atom is -0.397 e. The average Bonchev–Trinajstić information content (AvgIpc) is 2.25. The summed E-state index contributed by atoms with van der Waals surface area (Å²) in [5, 5.41) is 3.15. The van der Waals surface area contributed by atoms with E-state index in [0.29, 0.717) is 12.3 Å². The summed E-state index contributed by atoms with van der Waals surface area (Å²) >= 11 is 0. The minimum absolute atomic E-state index is 0.674. The highest BCUT2D eigenvalue weighted by molar-refractivity contribution is 5.43. The smallest absolute Gasteiger partial charge is 0.126 e. The maximum absolute atomic E-state index is 5.53. The molecule has 0 atom stereocenters. The van der Waals surface area contributed by atoms with Crippen LogP contribution in [0.3, 0.4) is 0 Å². The molecule has 5 nitrogen and oxygen atoms in total. The molecular weight excluding hydrogens is 204 g/mol. The number of nitrogens with one attached hydrogen (secondary N) is 1. The lowest BCUT2D eigenvalue weighted by Crippen LogP contribution is -2.20. The van der Waals surface area contributed by atoms with Gasteiger partial charge in [0, 0.05) is 13.1 Å². The molecule has 1 aromatic rings. The predicted molar refractivity (Wildman–Crippen MR) is 66.5 cm³/mol. The molecule has 3 N–H and O–H groups in total. The van der Waals surface area contributed by atoms with Gasteiger partial charge >= 0.3 is 0 Å². The number of ether oxygens (including phenoxy) is 1. The summed E-state index contributed by atoms with van der Waals surface area (Å²) in [7, 11) is 4.06. The van der Waals surface area contributed by atoms with Crippen LogP contribution in [-0.2, 0) is 4.74 Å². The van der Waals surface area contributed by atoms with Gasteiger partial charge < -0.3 is 20.7 Å². The van der Waals surface area contributed by atoms with E-state index >= 15 is 0 Å². The molecule has 0 aliphatic rings. The largest absolute Gasteiger partial charge is 0.397 e. The zero-order valence-corrected chi connectivity index (χ0v) is 9.94. The third-order valence-electron chi connectivity index (χ3n) is 2.02. The van der Waals surface area contributed by atoms with Gasteiger partial charge in [-0.2, -0.15) is 0 Å². The summed E-state index contributed by atoms with van der Waals surface area (Å²) in [6.07, 6.45) is 1.63. The van der Waals surface area contributed by atoms with E-state index in [2.05, 4.69) is 15.2 Å². The molecule has 5 heteroatoms. The van der Waals surface area contributed by atoms with Gasteiger partial charge in [-0.15, -0.1) is 0 Å². The predicted octanol–water partition coefficient (Wildman–Crippen LogP) is 0.654. The maximum atomic E-state index is 5.53. The van der Waals surface area contributed by atoms with E-state index in [1.54, 1.807) is 6.20 Å². The molecule has 0 amide bonds. The number of rotatable bonds is 7. The Labute approximate surface area is 96.6 Å². The first kappa shape index (κ1) is 12.7. The summed E-state index contributed by atoms with van der Waals surface area (Å²) in [6.45, 7) is 3.13. The lowest BCUT2D eigenvalue weighted by atomic mass is 10.4. The quantitative estimate of drug-likeness (QED) is 0.666. The highest BCUT2D eigenvalue weighted by Gasteiger charge is 1.93. The summed E-state index contributed by atoms with van der Waals surface area (Å²) in [6, 6.07) is 3.68. The Hall–Kier alpha value is -1.33. The van der Waals surface area contributed by atoms with Crippen LogP contribution in [0.2, 0.25) is 0 Å². The number of nitrogen functional groups attached to an aromatic ring is 1. The highest BCUT2D eigenvalue weighted by atomic mass is 16.5. The van der Waals surface area contributed by atoms with Crippen molar-refractivity contribution >= 4 is 11.5 Å². The van der Waals surface area contributed by atoms with Gasteiger partial charge in [-0.1, -0.05) is 0 Å². The van der Waals surface area contributed by atoms with Crippen LogP contribution in [0.4, 0.5) is 11.5 Å². The zero-order valence-electron chi connectivity index (χ0n) is 9.94. The highest BCUT2D eigenvalue weighted by Crippen LogP contribution is 2.04. The van der Waals surface area contributed by atoms with Crippen molar-refractivity contribution in [3.05, 3.63) is 18.3 Å². The van der Waals surface area contributed by atoms with E-state index in [1.165, 1.54) is 0 Å². The second-order valence-corrected chi connectivity index (χ2v) is 3.82. The van der Waals surface area contributed by atoms with Crippen LogP contribution >= 0.6 is 0 Å². The molecule has 0 radical (unpaired) electrons. The Balaban J connectivity index is 2.05. The monoisotopic (exact) mass is 224 g/mol. The Bertz CT molecular complexity index is 287. The third-order valence-corrected chi connectivity index (χ3v) is 2.02. The van der Waals surface area contributed by atoms with E-state index in [-0.39, 0.29) is 0 Å². The van der Waals surface area contributed by atoms with Crippen molar-refractivity contribution in [2.45, 2.75) is 0 Å². The van der Waals surface area contributed by atoms with Crippen LogP contribution in [0.5, 0.6) is 0 Å². The SMILES string of the molecule is CN(C)CCOCCNc1ccc(N)cn1. The van der Waals surface area contributed by atoms with Crippen molar-refractivity contribution in [3.8, 4) is 0 Å². The van der Waals surface area contributed by atoms with Crippen LogP contribution in [0, 0.1) is 0 Å². The van der Waals surface area contributed by atoms with Crippen LogP contribution < -0.4 is 11.1 Å². The number of hydrogen-bond acceptors (Lipinski definition) is 5. The fraction of sp³-hybridized carbons (Fsp3) is 0.545. The first-order valence-corrected chi connectivity index (χ1v) is 5.36. The van der Waals surface area contributed by atoms with Crippen molar-refractivity contribution < 1.29 is 4.74 Å². The van der Waals surface area contributed by atoms with E-state index in [1.807, 2.05) is 26.2 Å². The number of likely N-dealkylation sites (N-methyl/N-ethyl adjacent to an activating group) is 1. The van der Waals surface area contributed by atoms with Gasteiger partial charge in [0.25, 0.3) is 0 Å². The van der Waals surface area contributed by atoms with Crippen molar-refractivity contribution in [1.29, 1.82) is 0 Å². The summed E-state index contributed by atoms with van der Waals surface area (Å²) in [5.74, 6) is 0.824. The summed E-state index contributed by atoms with van der Waals surface area (Å²) in [5.41, 5.74) is 6.20. The minimum atomic E-state index is 0.674. The van der Waals surface area contributed by atoms with Gasteiger partial charge in [0.15, 0.2) is 0 Å². The Morgan fingerprint density at radius 3 is 2.81 bits per heavy atom. The maximum Gasteiger partial charge on any atom is 0.126 e. The van der Waals surface area contributed by atoms with E-state index in [9.17, 15) is 0 Å². The molecule has 0 aliphatic heterocycles. The second kappa shape index (κ2) is 7.03. The Kier molecular flexibility index (Phi) is 5.60. The molecule has 0 bridgehead atoms. The van der Waals surface area contributed by atoms with E-state index in [0.717, 1.165) is 25.5 Å². The van der Waals surface area contributed by atoms with E-state index < -0.39 is 0 Å². The number of anilines is 2. The molecule has 1 heterocycles. The topological polar surface area (TPSA) is 63.4 Å². The number of aromatic nitrogens is 1. The second-order valence-electron chi connectivity index (χ2n) is 3.82. The molecule has 0 saturated carbocycles. The first-order valence-electron chi connectivity index (χ1n) is 5.36. The van der Waals surface area contributed by atoms with Crippen molar-refractivity contribution in [2.75, 3.05) is 51.4 Å². The number of hydrogen-bond donors (Lipinski definition) is 2. The van der Waals surface area contributed by atoms with E-state index in [4.69, 9.17) is 10.5 Å².